The number of nitrogens with two attached hydrogens (primary N) is 1. The van der Waals surface area contributed by atoms with E-state index < -0.39 is 0 Å². The third-order valence-electron chi connectivity index (χ3n) is 3.78. The van der Waals surface area contributed by atoms with E-state index in [1.807, 2.05) is 0 Å². The maximum absolute atomic E-state index is 5.75. The molecule has 3 heterocycles. The van der Waals surface area contributed by atoms with Crippen LogP contribution < -0.4 is 10.6 Å². The number of imidazole rings is 1. The van der Waals surface area contributed by atoms with Crippen LogP contribution in [0.15, 0.2) is 11.6 Å². The molecule has 2 unspecified atom stereocenters. The first-order valence-electron chi connectivity index (χ1n) is 6.62. The highest BCUT2D eigenvalue weighted by molar-refractivity contribution is 7.15. The molecule has 18 heavy (non-hydrogen) atoms. The zero-order chi connectivity index (χ0) is 12.7. The number of aromatic nitrogens is 2. The predicted octanol–water partition coefficient (Wildman–Crippen LogP) is 2.13. The van der Waals surface area contributed by atoms with E-state index in [-0.39, 0.29) is 0 Å². The fourth-order valence-corrected chi connectivity index (χ4v) is 3.74. The van der Waals surface area contributed by atoms with Crippen molar-refractivity contribution in [3.05, 3.63) is 17.3 Å². The van der Waals surface area contributed by atoms with Crippen molar-refractivity contribution in [2.24, 2.45) is 11.7 Å². The number of anilines is 1. The molecule has 2 atom stereocenters. The summed E-state index contributed by atoms with van der Waals surface area (Å²) in [5.74, 6) is 1.91. The van der Waals surface area contributed by atoms with Gasteiger partial charge in [0.1, 0.15) is 0 Å². The van der Waals surface area contributed by atoms with Crippen LogP contribution in [0.1, 0.15) is 26.0 Å². The molecule has 1 aliphatic heterocycles. The van der Waals surface area contributed by atoms with Crippen LogP contribution in [-0.4, -0.2) is 28.5 Å². The highest BCUT2D eigenvalue weighted by Gasteiger charge is 2.30. The Kier molecular flexibility index (Phi) is 3.03. The van der Waals surface area contributed by atoms with Crippen molar-refractivity contribution >= 4 is 22.1 Å². The van der Waals surface area contributed by atoms with Gasteiger partial charge >= 0.3 is 0 Å². The molecule has 0 radical (unpaired) electrons. The van der Waals surface area contributed by atoms with Crippen molar-refractivity contribution in [1.82, 2.24) is 9.38 Å². The van der Waals surface area contributed by atoms with E-state index in [0.717, 1.165) is 29.7 Å². The molecule has 3 rings (SSSR count). The van der Waals surface area contributed by atoms with Gasteiger partial charge in [-0.25, -0.2) is 4.98 Å². The smallest absolute Gasteiger partial charge is 0.195 e. The number of nitrogens with zero attached hydrogens (tertiary/aromatic N) is 3. The highest BCUT2D eigenvalue weighted by atomic mass is 32.1. The molecular formula is C13H20N4S. The zero-order valence-electron chi connectivity index (χ0n) is 11.0. The molecule has 0 aliphatic carbocycles. The SMILES string of the molecule is CC1CC(C)N(c2nc3sccn3c2CCN)C1. The van der Waals surface area contributed by atoms with Crippen molar-refractivity contribution in [3.63, 3.8) is 0 Å². The molecule has 0 aromatic carbocycles. The van der Waals surface area contributed by atoms with Crippen molar-refractivity contribution in [3.8, 4) is 0 Å². The molecule has 2 aromatic heterocycles. The average Bonchev–Trinajstić information content (AvgIpc) is 2.96. The summed E-state index contributed by atoms with van der Waals surface area (Å²) in [6, 6.07) is 0.584. The lowest BCUT2D eigenvalue weighted by molar-refractivity contribution is 0.625. The van der Waals surface area contributed by atoms with E-state index >= 15 is 0 Å². The van der Waals surface area contributed by atoms with E-state index in [9.17, 15) is 0 Å². The zero-order valence-corrected chi connectivity index (χ0v) is 11.8. The molecule has 1 fully saturated rings. The average molecular weight is 264 g/mol. The van der Waals surface area contributed by atoms with E-state index in [4.69, 9.17) is 10.7 Å². The van der Waals surface area contributed by atoms with E-state index in [2.05, 4.69) is 34.7 Å². The molecule has 2 aromatic rings. The first-order chi connectivity index (χ1) is 8.70. The van der Waals surface area contributed by atoms with Gasteiger partial charge in [0.25, 0.3) is 0 Å². The van der Waals surface area contributed by atoms with Crippen LogP contribution in [0, 0.1) is 5.92 Å². The molecule has 5 heteroatoms. The minimum atomic E-state index is 0.584. The Morgan fingerprint density at radius 3 is 3.00 bits per heavy atom. The monoisotopic (exact) mass is 264 g/mol. The quantitative estimate of drug-likeness (QED) is 0.924. The number of hydrogen-bond acceptors (Lipinski definition) is 4. The van der Waals surface area contributed by atoms with Crippen LogP contribution in [0.4, 0.5) is 5.82 Å². The topological polar surface area (TPSA) is 46.6 Å². The van der Waals surface area contributed by atoms with Crippen LogP contribution in [-0.2, 0) is 6.42 Å². The van der Waals surface area contributed by atoms with Crippen molar-refractivity contribution in [1.29, 1.82) is 0 Å². The Morgan fingerprint density at radius 1 is 1.50 bits per heavy atom. The van der Waals surface area contributed by atoms with Gasteiger partial charge < -0.3 is 10.6 Å². The Labute approximate surface area is 111 Å². The maximum atomic E-state index is 5.75. The first kappa shape index (κ1) is 12.0. The Hall–Kier alpha value is -1.07. The molecule has 0 spiro atoms. The van der Waals surface area contributed by atoms with E-state index in [1.54, 1.807) is 11.3 Å². The molecule has 0 saturated carbocycles. The molecule has 4 nitrogen and oxygen atoms in total. The van der Waals surface area contributed by atoms with Crippen LogP contribution in [0.25, 0.3) is 4.96 Å². The highest BCUT2D eigenvalue weighted by Crippen LogP contribution is 2.32. The lowest BCUT2D eigenvalue weighted by atomic mass is 10.1. The Bertz CT molecular complexity index is 544. The number of fused-ring (bicyclic) bond motifs is 1. The van der Waals surface area contributed by atoms with E-state index in [0.29, 0.717) is 12.6 Å². The number of hydrogen-bond donors (Lipinski definition) is 1. The Balaban J connectivity index is 2.04. The van der Waals surface area contributed by atoms with Crippen LogP contribution in [0.5, 0.6) is 0 Å². The summed E-state index contributed by atoms with van der Waals surface area (Å²) in [6.45, 7) is 6.40. The van der Waals surface area contributed by atoms with Gasteiger partial charge in [0, 0.05) is 30.6 Å². The van der Waals surface area contributed by atoms with Gasteiger partial charge in [-0.05, 0) is 25.8 Å². The normalized spacial score (nSPS) is 24.3. The lowest BCUT2D eigenvalue weighted by Crippen LogP contribution is -2.28. The molecular weight excluding hydrogens is 244 g/mol. The maximum Gasteiger partial charge on any atom is 0.195 e. The van der Waals surface area contributed by atoms with Gasteiger partial charge in [-0.3, -0.25) is 4.40 Å². The van der Waals surface area contributed by atoms with Crippen molar-refractivity contribution in [2.45, 2.75) is 32.7 Å². The second-order valence-corrected chi connectivity index (χ2v) is 6.19. The predicted molar refractivity (Wildman–Crippen MR) is 76.4 cm³/mol. The summed E-state index contributed by atoms with van der Waals surface area (Å²) in [5.41, 5.74) is 7.03. The summed E-state index contributed by atoms with van der Waals surface area (Å²) in [4.78, 5) is 8.35. The lowest BCUT2D eigenvalue weighted by Gasteiger charge is -2.22. The fourth-order valence-electron chi connectivity index (χ4n) is 3.02. The van der Waals surface area contributed by atoms with Gasteiger partial charge in [0.05, 0.1) is 5.69 Å². The van der Waals surface area contributed by atoms with Crippen LogP contribution in [0.3, 0.4) is 0 Å². The summed E-state index contributed by atoms with van der Waals surface area (Å²) in [6.07, 6.45) is 4.25. The molecule has 2 N–H and O–H groups in total. The molecule has 98 valence electrons. The summed E-state index contributed by atoms with van der Waals surface area (Å²) < 4.78 is 2.20. The van der Waals surface area contributed by atoms with Gasteiger partial charge in [-0.15, -0.1) is 11.3 Å². The summed E-state index contributed by atoms with van der Waals surface area (Å²) in [7, 11) is 0. The fraction of sp³-hybridized carbons (Fsp3) is 0.615. The molecule has 0 bridgehead atoms. The second kappa shape index (κ2) is 4.55. The minimum absolute atomic E-state index is 0.584. The third kappa shape index (κ3) is 1.82. The van der Waals surface area contributed by atoms with Crippen molar-refractivity contribution < 1.29 is 0 Å². The molecule has 1 saturated heterocycles. The van der Waals surface area contributed by atoms with Crippen molar-refractivity contribution in [2.75, 3.05) is 18.0 Å². The second-order valence-electron chi connectivity index (χ2n) is 5.32. The van der Waals surface area contributed by atoms with Gasteiger partial charge in [-0.2, -0.15) is 0 Å². The van der Waals surface area contributed by atoms with Gasteiger partial charge in [0.2, 0.25) is 0 Å². The molecule has 0 amide bonds. The van der Waals surface area contributed by atoms with Crippen LogP contribution in [0.2, 0.25) is 0 Å². The van der Waals surface area contributed by atoms with Gasteiger partial charge in [-0.1, -0.05) is 6.92 Å². The summed E-state index contributed by atoms with van der Waals surface area (Å²) in [5, 5.41) is 2.09. The number of rotatable bonds is 3. The summed E-state index contributed by atoms with van der Waals surface area (Å²) >= 11 is 1.69. The Morgan fingerprint density at radius 2 is 2.33 bits per heavy atom. The first-order valence-corrected chi connectivity index (χ1v) is 7.49. The number of thiazole rings is 1. The minimum Gasteiger partial charge on any atom is -0.352 e. The van der Waals surface area contributed by atoms with Gasteiger partial charge in [0.15, 0.2) is 10.8 Å². The van der Waals surface area contributed by atoms with E-state index in [1.165, 1.54) is 12.1 Å². The molecule has 1 aliphatic rings. The standard InChI is InChI=1S/C13H20N4S/c1-9-7-10(2)17(8-9)12-11(3-4-14)16-5-6-18-13(16)15-12/h5-6,9-10H,3-4,7-8,14H2,1-2H3. The third-order valence-corrected chi connectivity index (χ3v) is 4.53. The van der Waals surface area contributed by atoms with Crippen LogP contribution >= 0.6 is 11.3 Å². The largest absolute Gasteiger partial charge is 0.352 e.